The van der Waals surface area contributed by atoms with Gasteiger partial charge in [0.05, 0.1) is 6.54 Å². The van der Waals surface area contributed by atoms with Gasteiger partial charge in [-0.3, -0.25) is 8.99 Å². The van der Waals surface area contributed by atoms with E-state index in [1.54, 1.807) is 18.0 Å². The molecule has 0 aliphatic carbocycles. The van der Waals surface area contributed by atoms with E-state index in [9.17, 15) is 0 Å². The number of hydrogen-bond acceptors (Lipinski definition) is 5. The van der Waals surface area contributed by atoms with Crippen LogP contribution in [-0.2, 0) is 6.54 Å². The van der Waals surface area contributed by atoms with Crippen LogP contribution >= 0.6 is 11.9 Å². The maximum absolute atomic E-state index is 9.02. The Morgan fingerprint density at radius 1 is 1.31 bits per heavy atom. The Balaban J connectivity index is 1.82. The highest BCUT2D eigenvalue weighted by atomic mass is 32.2. The lowest BCUT2D eigenvalue weighted by Crippen LogP contribution is -2.06. The molecular formula is C19H18N6S. The smallest absolute Gasteiger partial charge is 0.182 e. The minimum absolute atomic E-state index is 0.384. The number of H-pyrrole nitrogens is 1. The van der Waals surface area contributed by atoms with E-state index in [1.807, 2.05) is 37.2 Å². The summed E-state index contributed by atoms with van der Waals surface area (Å²) in [6.45, 7) is 2.76. The van der Waals surface area contributed by atoms with Crippen LogP contribution in [0.2, 0.25) is 0 Å². The van der Waals surface area contributed by atoms with Crippen molar-refractivity contribution in [3.8, 4) is 6.07 Å². The van der Waals surface area contributed by atoms with Crippen LogP contribution < -0.4 is 0 Å². The standard InChI is InChI=1S/C19H18N6S/c1-12-8-17(26-24(2)3)16(15-6-7-21-18(12)15)11-25-10-13-4-5-14(9-20)22-19(13)23-25/h4-8,10,21H,11H2,1-3H3. The number of nitrogens with one attached hydrogen (secondary N) is 1. The van der Waals surface area contributed by atoms with Crippen molar-refractivity contribution in [1.29, 1.82) is 5.26 Å². The molecule has 3 aromatic heterocycles. The number of benzene rings is 1. The van der Waals surface area contributed by atoms with Crippen molar-refractivity contribution in [2.75, 3.05) is 14.1 Å². The van der Waals surface area contributed by atoms with Crippen molar-refractivity contribution in [3.63, 3.8) is 0 Å². The lowest BCUT2D eigenvalue weighted by Gasteiger charge is -2.16. The van der Waals surface area contributed by atoms with E-state index < -0.39 is 0 Å². The molecule has 3 heterocycles. The Labute approximate surface area is 155 Å². The molecule has 4 rings (SSSR count). The highest BCUT2D eigenvalue weighted by Gasteiger charge is 2.14. The second-order valence-corrected chi connectivity index (χ2v) is 7.74. The Morgan fingerprint density at radius 2 is 2.15 bits per heavy atom. The lowest BCUT2D eigenvalue weighted by molar-refractivity contribution is 0.680. The summed E-state index contributed by atoms with van der Waals surface area (Å²) >= 11 is 1.71. The molecular weight excluding hydrogens is 344 g/mol. The first-order valence-corrected chi connectivity index (χ1v) is 9.01. The van der Waals surface area contributed by atoms with Crippen LogP contribution in [0, 0.1) is 18.3 Å². The van der Waals surface area contributed by atoms with Gasteiger partial charge < -0.3 is 4.98 Å². The fourth-order valence-electron chi connectivity index (χ4n) is 3.13. The normalized spacial score (nSPS) is 11.5. The predicted molar refractivity (Wildman–Crippen MR) is 104 cm³/mol. The molecule has 6 nitrogen and oxygen atoms in total. The molecule has 0 amide bonds. The summed E-state index contributed by atoms with van der Waals surface area (Å²) in [6, 6.07) is 10.0. The molecule has 0 aliphatic rings. The molecule has 0 spiro atoms. The summed E-state index contributed by atoms with van der Waals surface area (Å²) in [5.41, 5.74) is 4.59. The van der Waals surface area contributed by atoms with Crippen molar-refractivity contribution in [1.82, 2.24) is 24.1 Å². The van der Waals surface area contributed by atoms with E-state index >= 15 is 0 Å². The van der Waals surface area contributed by atoms with Gasteiger partial charge in [-0.05, 0) is 68.4 Å². The van der Waals surface area contributed by atoms with Crippen molar-refractivity contribution >= 4 is 33.9 Å². The Kier molecular flexibility index (Phi) is 4.15. The van der Waals surface area contributed by atoms with E-state index in [0.29, 0.717) is 17.9 Å². The fourth-order valence-corrected chi connectivity index (χ4v) is 4.04. The number of nitrogens with zero attached hydrogens (tertiary/aromatic N) is 5. The van der Waals surface area contributed by atoms with Crippen LogP contribution in [0.1, 0.15) is 16.8 Å². The van der Waals surface area contributed by atoms with Crippen LogP contribution in [0.25, 0.3) is 21.9 Å². The molecule has 0 saturated carbocycles. The molecule has 130 valence electrons. The van der Waals surface area contributed by atoms with Crippen LogP contribution in [0.5, 0.6) is 0 Å². The van der Waals surface area contributed by atoms with Crippen molar-refractivity contribution in [2.45, 2.75) is 18.4 Å². The molecule has 1 N–H and O–H groups in total. The molecule has 0 saturated heterocycles. The molecule has 0 bridgehead atoms. The van der Waals surface area contributed by atoms with E-state index in [1.165, 1.54) is 21.4 Å². The van der Waals surface area contributed by atoms with E-state index in [4.69, 9.17) is 5.26 Å². The Bertz CT molecular complexity index is 1150. The summed E-state index contributed by atoms with van der Waals surface area (Å²) in [6.07, 6.45) is 3.96. The van der Waals surface area contributed by atoms with Gasteiger partial charge >= 0.3 is 0 Å². The highest BCUT2D eigenvalue weighted by Crippen LogP contribution is 2.33. The van der Waals surface area contributed by atoms with Gasteiger partial charge in [0.15, 0.2) is 5.65 Å². The van der Waals surface area contributed by atoms with Gasteiger partial charge in [-0.25, -0.2) is 4.98 Å². The van der Waals surface area contributed by atoms with Gasteiger partial charge in [-0.15, -0.1) is 0 Å². The SMILES string of the molecule is Cc1cc(SN(C)C)c(Cn2cc3ccc(C#N)nc3n2)c2cc[nH]c12. The minimum atomic E-state index is 0.384. The molecule has 0 radical (unpaired) electrons. The number of fused-ring (bicyclic) bond motifs is 2. The quantitative estimate of drug-likeness (QED) is 0.560. The molecule has 1 aromatic carbocycles. The molecule has 26 heavy (non-hydrogen) atoms. The summed E-state index contributed by atoms with van der Waals surface area (Å²) < 4.78 is 3.99. The topological polar surface area (TPSA) is 73.5 Å². The summed E-state index contributed by atoms with van der Waals surface area (Å²) in [5, 5.41) is 15.7. The number of nitriles is 1. The second kappa shape index (κ2) is 6.48. The third-order valence-electron chi connectivity index (χ3n) is 4.24. The van der Waals surface area contributed by atoms with Crippen molar-refractivity contribution in [3.05, 3.63) is 53.5 Å². The molecule has 0 atom stereocenters. The highest BCUT2D eigenvalue weighted by molar-refractivity contribution is 7.97. The van der Waals surface area contributed by atoms with Crippen molar-refractivity contribution < 1.29 is 0 Å². The monoisotopic (exact) mass is 362 g/mol. The molecule has 0 aliphatic heterocycles. The van der Waals surface area contributed by atoms with Gasteiger partial charge in [0.1, 0.15) is 11.8 Å². The number of aromatic amines is 1. The van der Waals surface area contributed by atoms with Crippen LogP contribution in [0.3, 0.4) is 0 Å². The maximum atomic E-state index is 9.02. The number of aromatic nitrogens is 4. The fraction of sp³-hybridized carbons (Fsp3) is 0.211. The average molecular weight is 362 g/mol. The van der Waals surface area contributed by atoms with Gasteiger partial charge in [0.25, 0.3) is 0 Å². The lowest BCUT2D eigenvalue weighted by atomic mass is 10.1. The van der Waals surface area contributed by atoms with Gasteiger partial charge in [-0.2, -0.15) is 10.4 Å². The third-order valence-corrected chi connectivity index (χ3v) is 5.17. The predicted octanol–water partition coefficient (Wildman–Crippen LogP) is 3.71. The van der Waals surface area contributed by atoms with E-state index in [-0.39, 0.29) is 0 Å². The molecule has 0 unspecified atom stereocenters. The Hall–Kier alpha value is -2.82. The molecule has 4 aromatic rings. The van der Waals surface area contributed by atoms with Crippen LogP contribution in [0.15, 0.2) is 41.6 Å². The zero-order valence-corrected chi connectivity index (χ0v) is 15.6. The van der Waals surface area contributed by atoms with E-state index in [2.05, 4.69) is 44.5 Å². The van der Waals surface area contributed by atoms with Crippen molar-refractivity contribution in [2.24, 2.45) is 0 Å². The zero-order valence-electron chi connectivity index (χ0n) is 14.8. The van der Waals surface area contributed by atoms with Gasteiger partial charge in [-0.1, -0.05) is 0 Å². The number of rotatable bonds is 4. The maximum Gasteiger partial charge on any atom is 0.182 e. The first-order chi connectivity index (χ1) is 12.5. The van der Waals surface area contributed by atoms with Gasteiger partial charge in [0.2, 0.25) is 0 Å². The molecule has 7 heteroatoms. The number of hydrogen-bond donors (Lipinski definition) is 1. The zero-order chi connectivity index (χ0) is 18.3. The van der Waals surface area contributed by atoms with Crippen LogP contribution in [-0.4, -0.2) is 38.1 Å². The van der Waals surface area contributed by atoms with Crippen LogP contribution in [0.4, 0.5) is 0 Å². The molecule has 0 fully saturated rings. The number of pyridine rings is 1. The second-order valence-electron chi connectivity index (χ2n) is 6.39. The third kappa shape index (κ3) is 2.94. The Morgan fingerprint density at radius 3 is 2.92 bits per heavy atom. The first kappa shape index (κ1) is 16.6. The minimum Gasteiger partial charge on any atom is -0.361 e. The van der Waals surface area contributed by atoms with Gasteiger partial charge in [0, 0.05) is 33.6 Å². The first-order valence-electron chi connectivity index (χ1n) is 8.24. The average Bonchev–Trinajstić information content (AvgIpc) is 3.23. The van der Waals surface area contributed by atoms with E-state index in [0.717, 1.165) is 10.9 Å². The summed E-state index contributed by atoms with van der Waals surface area (Å²) in [5.74, 6) is 0. The number of aryl methyl sites for hydroxylation is 1. The summed E-state index contributed by atoms with van der Waals surface area (Å²) in [7, 11) is 4.08. The largest absolute Gasteiger partial charge is 0.361 e. The summed E-state index contributed by atoms with van der Waals surface area (Å²) in [4.78, 5) is 8.83.